The zero-order chi connectivity index (χ0) is 19.4. The van der Waals surface area contributed by atoms with Gasteiger partial charge in [0.05, 0.1) is 10.3 Å². The van der Waals surface area contributed by atoms with Crippen molar-refractivity contribution in [2.75, 3.05) is 7.05 Å². The van der Waals surface area contributed by atoms with E-state index in [1.165, 1.54) is 18.8 Å². The molecule has 1 aromatic carbocycles. The van der Waals surface area contributed by atoms with Crippen molar-refractivity contribution in [1.82, 2.24) is 25.4 Å². The molecule has 3 amide bonds. The fourth-order valence-corrected chi connectivity index (χ4v) is 3.51. The molecular weight excluding hydrogens is 390 g/mol. The summed E-state index contributed by atoms with van der Waals surface area (Å²) in [5, 5.41) is 13.7. The maximum Gasteiger partial charge on any atom is 0.321 e. The Labute approximate surface area is 166 Å². The largest absolute Gasteiger partial charge is 0.484 e. The number of aromatic nitrogens is 3. The SMILES string of the molecule is CNC(=O)NC(=O)[C@H](C)Sc1nnc(COc2ccccc2Cl)n1C1CC1. The number of ether oxygens (including phenoxy) is 1. The van der Waals surface area contributed by atoms with E-state index in [1.807, 2.05) is 16.7 Å². The van der Waals surface area contributed by atoms with E-state index in [0.717, 1.165) is 12.8 Å². The van der Waals surface area contributed by atoms with Gasteiger partial charge in [-0.05, 0) is 31.9 Å². The minimum Gasteiger partial charge on any atom is -0.484 e. The summed E-state index contributed by atoms with van der Waals surface area (Å²) in [5.41, 5.74) is 0. The van der Waals surface area contributed by atoms with Crippen molar-refractivity contribution in [3.05, 3.63) is 35.1 Å². The normalized spacial score (nSPS) is 14.5. The number of imide groups is 1. The average molecular weight is 410 g/mol. The Balaban J connectivity index is 1.69. The maximum absolute atomic E-state index is 12.1. The molecule has 1 aromatic heterocycles. The molecule has 1 heterocycles. The van der Waals surface area contributed by atoms with Gasteiger partial charge in [0.1, 0.15) is 12.4 Å². The first-order valence-electron chi connectivity index (χ1n) is 8.50. The second kappa shape index (κ2) is 8.62. The first-order chi connectivity index (χ1) is 13.0. The summed E-state index contributed by atoms with van der Waals surface area (Å²) in [6.45, 7) is 1.95. The van der Waals surface area contributed by atoms with E-state index >= 15 is 0 Å². The first-order valence-corrected chi connectivity index (χ1v) is 9.75. The summed E-state index contributed by atoms with van der Waals surface area (Å²) in [7, 11) is 1.45. The molecule has 0 unspecified atom stereocenters. The van der Waals surface area contributed by atoms with Crippen molar-refractivity contribution in [2.24, 2.45) is 0 Å². The van der Waals surface area contributed by atoms with E-state index in [1.54, 1.807) is 19.1 Å². The van der Waals surface area contributed by atoms with Crippen LogP contribution < -0.4 is 15.4 Å². The second-order valence-electron chi connectivity index (χ2n) is 6.05. The number of carbonyl (C=O) groups is 2. The van der Waals surface area contributed by atoms with Crippen LogP contribution in [0.3, 0.4) is 0 Å². The summed E-state index contributed by atoms with van der Waals surface area (Å²) >= 11 is 7.38. The number of amides is 3. The third-order valence-corrected chi connectivity index (χ3v) is 5.32. The fourth-order valence-electron chi connectivity index (χ4n) is 2.38. The standard InChI is InChI=1S/C17H20ClN5O3S/c1-10(15(24)20-16(25)19-2)27-17-22-21-14(23(17)11-7-8-11)9-26-13-6-4-3-5-12(13)18/h3-6,10-11H,7-9H2,1-2H3,(H2,19,20,24,25)/t10-/m0/s1. The summed E-state index contributed by atoms with van der Waals surface area (Å²) in [6, 6.07) is 7.01. The molecule has 2 aromatic rings. The zero-order valence-electron chi connectivity index (χ0n) is 14.9. The van der Waals surface area contributed by atoms with Gasteiger partial charge < -0.3 is 10.1 Å². The molecule has 1 fully saturated rings. The summed E-state index contributed by atoms with van der Waals surface area (Å²) < 4.78 is 7.78. The van der Waals surface area contributed by atoms with Crippen LogP contribution in [0.4, 0.5) is 4.79 Å². The molecule has 144 valence electrons. The Morgan fingerprint density at radius 3 is 2.78 bits per heavy atom. The van der Waals surface area contributed by atoms with Gasteiger partial charge in [-0.3, -0.25) is 14.7 Å². The predicted octanol–water partition coefficient (Wildman–Crippen LogP) is 2.78. The number of rotatable bonds is 7. The molecule has 2 N–H and O–H groups in total. The minimum absolute atomic E-state index is 0.229. The third-order valence-electron chi connectivity index (χ3n) is 3.96. The minimum atomic E-state index is -0.537. The third kappa shape index (κ3) is 4.92. The molecule has 0 bridgehead atoms. The lowest BCUT2D eigenvalue weighted by Crippen LogP contribution is -2.41. The van der Waals surface area contributed by atoms with Gasteiger partial charge in [0.25, 0.3) is 0 Å². The average Bonchev–Trinajstić information content (AvgIpc) is 3.42. The second-order valence-corrected chi connectivity index (χ2v) is 7.76. The van der Waals surface area contributed by atoms with E-state index in [0.29, 0.717) is 27.8 Å². The van der Waals surface area contributed by atoms with Gasteiger partial charge in [-0.25, -0.2) is 4.79 Å². The Morgan fingerprint density at radius 2 is 2.11 bits per heavy atom. The Morgan fingerprint density at radius 1 is 1.37 bits per heavy atom. The molecular formula is C17H20ClN5O3S. The van der Waals surface area contributed by atoms with Gasteiger partial charge in [0.2, 0.25) is 5.91 Å². The van der Waals surface area contributed by atoms with Crippen molar-refractivity contribution in [1.29, 1.82) is 0 Å². The lowest BCUT2D eigenvalue weighted by molar-refractivity contribution is -0.119. The molecule has 10 heteroatoms. The van der Waals surface area contributed by atoms with Crippen LogP contribution in [-0.4, -0.2) is 39.0 Å². The number of para-hydroxylation sites is 1. The van der Waals surface area contributed by atoms with E-state index < -0.39 is 17.2 Å². The van der Waals surface area contributed by atoms with Crippen molar-refractivity contribution >= 4 is 35.3 Å². The van der Waals surface area contributed by atoms with Crippen LogP contribution in [0.5, 0.6) is 5.75 Å². The summed E-state index contributed by atoms with van der Waals surface area (Å²) in [5.74, 6) is 0.870. The quantitative estimate of drug-likeness (QED) is 0.682. The van der Waals surface area contributed by atoms with Crippen molar-refractivity contribution in [2.45, 2.75) is 42.8 Å². The highest BCUT2D eigenvalue weighted by Crippen LogP contribution is 2.39. The van der Waals surface area contributed by atoms with E-state index in [4.69, 9.17) is 16.3 Å². The van der Waals surface area contributed by atoms with Gasteiger partial charge in [0.15, 0.2) is 11.0 Å². The summed E-state index contributed by atoms with van der Waals surface area (Å²) in [4.78, 5) is 23.4. The van der Waals surface area contributed by atoms with Crippen LogP contribution >= 0.6 is 23.4 Å². The maximum atomic E-state index is 12.1. The van der Waals surface area contributed by atoms with Gasteiger partial charge >= 0.3 is 6.03 Å². The van der Waals surface area contributed by atoms with Crippen LogP contribution in [0.1, 0.15) is 31.6 Å². The lowest BCUT2D eigenvalue weighted by Gasteiger charge is -2.13. The Kier molecular flexibility index (Phi) is 6.22. The Bertz CT molecular complexity index is 840. The van der Waals surface area contributed by atoms with Crippen LogP contribution in [0.15, 0.2) is 29.4 Å². The number of hydrogen-bond donors (Lipinski definition) is 2. The van der Waals surface area contributed by atoms with Gasteiger partial charge in [-0.2, -0.15) is 0 Å². The van der Waals surface area contributed by atoms with Crippen LogP contribution in [0.2, 0.25) is 5.02 Å². The number of urea groups is 1. The van der Waals surface area contributed by atoms with Gasteiger partial charge in [-0.15, -0.1) is 10.2 Å². The number of hydrogen-bond acceptors (Lipinski definition) is 6. The molecule has 1 aliphatic rings. The van der Waals surface area contributed by atoms with E-state index in [9.17, 15) is 9.59 Å². The molecule has 1 atom stereocenters. The Hall–Kier alpha value is -2.26. The number of carbonyl (C=O) groups excluding carboxylic acids is 2. The number of thioether (sulfide) groups is 1. The molecule has 0 radical (unpaired) electrons. The van der Waals surface area contributed by atoms with Crippen molar-refractivity contribution in [3.63, 3.8) is 0 Å². The smallest absolute Gasteiger partial charge is 0.321 e. The number of halogens is 1. The van der Waals surface area contributed by atoms with Gasteiger partial charge in [-0.1, -0.05) is 35.5 Å². The highest BCUT2D eigenvalue weighted by Gasteiger charge is 2.31. The molecule has 0 spiro atoms. The van der Waals surface area contributed by atoms with Crippen molar-refractivity contribution < 1.29 is 14.3 Å². The zero-order valence-corrected chi connectivity index (χ0v) is 16.5. The lowest BCUT2D eigenvalue weighted by atomic mass is 10.3. The van der Waals surface area contributed by atoms with E-state index in [2.05, 4.69) is 20.8 Å². The summed E-state index contributed by atoms with van der Waals surface area (Å²) in [6.07, 6.45) is 2.06. The number of nitrogens with one attached hydrogen (secondary N) is 2. The molecule has 3 rings (SSSR count). The molecule has 0 aliphatic heterocycles. The molecule has 0 saturated heterocycles. The topological polar surface area (TPSA) is 98.1 Å². The predicted molar refractivity (Wildman–Crippen MR) is 102 cm³/mol. The highest BCUT2D eigenvalue weighted by atomic mass is 35.5. The molecule has 1 saturated carbocycles. The first kappa shape index (κ1) is 19.5. The monoisotopic (exact) mass is 409 g/mol. The van der Waals surface area contributed by atoms with Crippen LogP contribution in [0, 0.1) is 0 Å². The molecule has 27 heavy (non-hydrogen) atoms. The van der Waals surface area contributed by atoms with E-state index in [-0.39, 0.29) is 6.61 Å². The van der Waals surface area contributed by atoms with Crippen LogP contribution in [0.25, 0.3) is 0 Å². The van der Waals surface area contributed by atoms with Gasteiger partial charge in [0, 0.05) is 13.1 Å². The number of nitrogens with zero attached hydrogens (tertiary/aromatic N) is 3. The van der Waals surface area contributed by atoms with Crippen LogP contribution in [-0.2, 0) is 11.4 Å². The number of benzene rings is 1. The molecule has 8 nitrogen and oxygen atoms in total. The fraction of sp³-hybridized carbons (Fsp3) is 0.412. The highest BCUT2D eigenvalue weighted by molar-refractivity contribution is 8.00. The molecule has 1 aliphatic carbocycles. The van der Waals surface area contributed by atoms with Crippen molar-refractivity contribution in [3.8, 4) is 5.75 Å².